The molecule has 0 radical (unpaired) electrons. The molecule has 1 aliphatic rings. The van der Waals surface area contributed by atoms with Gasteiger partial charge in [-0.2, -0.15) is 4.98 Å². The van der Waals surface area contributed by atoms with Crippen LogP contribution < -0.4 is 0 Å². The highest BCUT2D eigenvalue weighted by Gasteiger charge is 2.49. The Bertz CT molecular complexity index is 504. The first kappa shape index (κ1) is 10.9. The van der Waals surface area contributed by atoms with Gasteiger partial charge < -0.3 is 4.52 Å². The molecular weight excluding hydrogens is 239 g/mol. The smallest absolute Gasteiger partial charge is 0.234 e. The van der Waals surface area contributed by atoms with Crippen LogP contribution in [-0.4, -0.2) is 16.8 Å². The standard InChI is InChI=1S/C12H13FN2OS/c1-8(9-3-2-6-17-9)10-14-11(15-16-10)12(7-13)4-5-12/h2-3,6,8H,4-5,7H2,1H3. The Labute approximate surface area is 103 Å². The van der Waals surface area contributed by atoms with E-state index in [1.165, 1.54) is 4.88 Å². The van der Waals surface area contributed by atoms with E-state index >= 15 is 0 Å². The summed E-state index contributed by atoms with van der Waals surface area (Å²) in [6, 6.07) is 4.04. The van der Waals surface area contributed by atoms with Gasteiger partial charge in [0.05, 0.1) is 11.3 Å². The van der Waals surface area contributed by atoms with Gasteiger partial charge in [-0.05, 0) is 31.2 Å². The van der Waals surface area contributed by atoms with Crippen molar-refractivity contribution in [3.8, 4) is 0 Å². The van der Waals surface area contributed by atoms with Crippen LogP contribution in [-0.2, 0) is 5.41 Å². The maximum Gasteiger partial charge on any atom is 0.234 e. The Morgan fingerprint density at radius 3 is 3.00 bits per heavy atom. The van der Waals surface area contributed by atoms with Crippen molar-refractivity contribution in [2.75, 3.05) is 6.67 Å². The summed E-state index contributed by atoms with van der Waals surface area (Å²) in [4.78, 5) is 5.55. The summed E-state index contributed by atoms with van der Waals surface area (Å²) in [7, 11) is 0. The molecule has 3 rings (SSSR count). The van der Waals surface area contributed by atoms with Gasteiger partial charge in [-0.1, -0.05) is 11.2 Å². The molecule has 17 heavy (non-hydrogen) atoms. The Morgan fingerprint density at radius 1 is 1.59 bits per heavy atom. The highest BCUT2D eigenvalue weighted by Crippen LogP contribution is 2.47. The van der Waals surface area contributed by atoms with E-state index in [9.17, 15) is 4.39 Å². The number of aromatic nitrogens is 2. The molecule has 2 aromatic rings. The first-order valence-corrected chi connectivity index (χ1v) is 6.56. The largest absolute Gasteiger partial charge is 0.339 e. The van der Waals surface area contributed by atoms with Crippen molar-refractivity contribution < 1.29 is 8.91 Å². The second-order valence-electron chi connectivity index (χ2n) is 4.61. The molecule has 5 heteroatoms. The minimum Gasteiger partial charge on any atom is -0.339 e. The second kappa shape index (κ2) is 3.91. The van der Waals surface area contributed by atoms with E-state index < -0.39 is 5.41 Å². The third-order valence-electron chi connectivity index (χ3n) is 3.37. The van der Waals surface area contributed by atoms with Gasteiger partial charge in [-0.25, -0.2) is 4.39 Å². The van der Waals surface area contributed by atoms with Gasteiger partial charge >= 0.3 is 0 Å². The Kier molecular flexibility index (Phi) is 2.50. The van der Waals surface area contributed by atoms with Gasteiger partial charge in [0.15, 0.2) is 5.82 Å². The van der Waals surface area contributed by atoms with Gasteiger partial charge in [0.2, 0.25) is 5.89 Å². The van der Waals surface area contributed by atoms with Gasteiger partial charge in [-0.3, -0.25) is 0 Å². The topological polar surface area (TPSA) is 38.9 Å². The predicted molar refractivity (Wildman–Crippen MR) is 63.0 cm³/mol. The summed E-state index contributed by atoms with van der Waals surface area (Å²) in [6.07, 6.45) is 1.66. The van der Waals surface area contributed by atoms with Gasteiger partial charge in [0.25, 0.3) is 0 Å². The van der Waals surface area contributed by atoms with Crippen LogP contribution in [0, 0.1) is 0 Å². The van der Waals surface area contributed by atoms with Crippen molar-refractivity contribution in [1.82, 2.24) is 10.1 Å². The lowest BCUT2D eigenvalue weighted by Crippen LogP contribution is -2.11. The Balaban J connectivity index is 1.86. The number of hydrogen-bond donors (Lipinski definition) is 0. The fourth-order valence-corrected chi connectivity index (χ4v) is 2.63. The molecule has 0 aliphatic heterocycles. The van der Waals surface area contributed by atoms with E-state index in [4.69, 9.17) is 4.52 Å². The Morgan fingerprint density at radius 2 is 2.41 bits per heavy atom. The molecule has 90 valence electrons. The van der Waals surface area contributed by atoms with Crippen LogP contribution in [0.25, 0.3) is 0 Å². The maximum atomic E-state index is 12.9. The van der Waals surface area contributed by atoms with Crippen LogP contribution in [0.1, 0.15) is 42.3 Å². The molecule has 1 unspecified atom stereocenters. The first-order valence-electron chi connectivity index (χ1n) is 5.69. The zero-order valence-electron chi connectivity index (χ0n) is 9.52. The second-order valence-corrected chi connectivity index (χ2v) is 5.59. The van der Waals surface area contributed by atoms with E-state index in [1.807, 2.05) is 24.4 Å². The molecule has 1 atom stereocenters. The summed E-state index contributed by atoms with van der Waals surface area (Å²) < 4.78 is 18.1. The van der Waals surface area contributed by atoms with E-state index in [0.717, 1.165) is 12.8 Å². The summed E-state index contributed by atoms with van der Waals surface area (Å²) >= 11 is 1.66. The summed E-state index contributed by atoms with van der Waals surface area (Å²) in [5.74, 6) is 1.22. The van der Waals surface area contributed by atoms with Gasteiger partial charge in [-0.15, -0.1) is 11.3 Å². The summed E-state index contributed by atoms with van der Waals surface area (Å²) in [5.41, 5.74) is -0.434. The van der Waals surface area contributed by atoms with E-state index in [0.29, 0.717) is 11.7 Å². The maximum absolute atomic E-state index is 12.9. The van der Waals surface area contributed by atoms with Crippen LogP contribution in [0.4, 0.5) is 4.39 Å². The van der Waals surface area contributed by atoms with Gasteiger partial charge in [0.1, 0.15) is 6.67 Å². The van der Waals surface area contributed by atoms with Crippen LogP contribution in [0.3, 0.4) is 0 Å². The summed E-state index contributed by atoms with van der Waals surface area (Å²) in [5, 5.41) is 5.95. The normalized spacial score (nSPS) is 19.2. The quantitative estimate of drug-likeness (QED) is 0.838. The highest BCUT2D eigenvalue weighted by molar-refractivity contribution is 7.10. The van der Waals surface area contributed by atoms with E-state index in [2.05, 4.69) is 10.1 Å². The van der Waals surface area contributed by atoms with Crippen molar-refractivity contribution in [2.24, 2.45) is 0 Å². The van der Waals surface area contributed by atoms with Crippen LogP contribution in [0.2, 0.25) is 0 Å². The first-order chi connectivity index (χ1) is 8.25. The zero-order chi connectivity index (χ0) is 11.9. The molecule has 2 heterocycles. The lowest BCUT2D eigenvalue weighted by Gasteiger charge is -2.03. The molecule has 1 aliphatic carbocycles. The molecule has 0 aromatic carbocycles. The highest BCUT2D eigenvalue weighted by atomic mass is 32.1. The monoisotopic (exact) mass is 252 g/mol. The number of hydrogen-bond acceptors (Lipinski definition) is 4. The third-order valence-corrected chi connectivity index (χ3v) is 4.42. The number of halogens is 1. The minimum absolute atomic E-state index is 0.0895. The van der Waals surface area contributed by atoms with Crippen molar-refractivity contribution in [3.63, 3.8) is 0 Å². The molecule has 0 amide bonds. The van der Waals surface area contributed by atoms with E-state index in [1.54, 1.807) is 11.3 Å². The molecule has 0 bridgehead atoms. The minimum atomic E-state index is -0.434. The van der Waals surface area contributed by atoms with Crippen LogP contribution >= 0.6 is 11.3 Å². The predicted octanol–water partition coefficient (Wildman–Crippen LogP) is 3.28. The molecule has 0 saturated heterocycles. The molecular formula is C12H13FN2OS. The van der Waals surface area contributed by atoms with Crippen molar-refractivity contribution in [2.45, 2.75) is 31.1 Å². The fraction of sp³-hybridized carbons (Fsp3) is 0.500. The molecule has 1 saturated carbocycles. The van der Waals surface area contributed by atoms with Crippen LogP contribution in [0.5, 0.6) is 0 Å². The van der Waals surface area contributed by atoms with Crippen molar-refractivity contribution in [3.05, 3.63) is 34.1 Å². The van der Waals surface area contributed by atoms with Crippen molar-refractivity contribution >= 4 is 11.3 Å². The number of nitrogens with zero attached hydrogens (tertiary/aromatic N) is 2. The number of alkyl halides is 1. The average molecular weight is 252 g/mol. The van der Waals surface area contributed by atoms with Crippen LogP contribution in [0.15, 0.2) is 22.0 Å². The fourth-order valence-electron chi connectivity index (χ4n) is 1.85. The Hall–Kier alpha value is -1.23. The van der Waals surface area contributed by atoms with Crippen molar-refractivity contribution in [1.29, 1.82) is 0 Å². The molecule has 0 N–H and O–H groups in total. The summed E-state index contributed by atoms with van der Waals surface area (Å²) in [6.45, 7) is 1.64. The average Bonchev–Trinajstić information content (AvgIpc) is 2.84. The number of thiophene rings is 1. The van der Waals surface area contributed by atoms with Gasteiger partial charge in [0, 0.05) is 4.88 Å². The third kappa shape index (κ3) is 1.78. The molecule has 3 nitrogen and oxygen atoms in total. The lowest BCUT2D eigenvalue weighted by molar-refractivity contribution is 0.349. The molecule has 1 fully saturated rings. The lowest BCUT2D eigenvalue weighted by atomic mass is 10.1. The molecule has 2 aromatic heterocycles. The number of rotatable bonds is 4. The zero-order valence-corrected chi connectivity index (χ0v) is 10.3. The SMILES string of the molecule is CC(c1nc(C2(CF)CC2)no1)c1cccs1. The van der Waals surface area contributed by atoms with E-state index in [-0.39, 0.29) is 12.6 Å². The molecule has 0 spiro atoms.